The second-order valence-electron chi connectivity index (χ2n) is 4.93. The van der Waals surface area contributed by atoms with Gasteiger partial charge in [0.2, 0.25) is 5.78 Å². The normalized spacial score (nSPS) is 10.4. The van der Waals surface area contributed by atoms with Crippen LogP contribution in [0, 0.1) is 0 Å². The van der Waals surface area contributed by atoms with Gasteiger partial charge in [0.05, 0.1) is 7.11 Å². The van der Waals surface area contributed by atoms with E-state index in [2.05, 4.69) is 26.2 Å². The summed E-state index contributed by atoms with van der Waals surface area (Å²) in [5.74, 6) is 0.660. The number of hydrogen-bond acceptors (Lipinski definition) is 6. The van der Waals surface area contributed by atoms with Crippen LogP contribution in [0.2, 0.25) is 0 Å². The van der Waals surface area contributed by atoms with E-state index >= 15 is 0 Å². The van der Waals surface area contributed by atoms with Gasteiger partial charge in [-0.25, -0.2) is 4.98 Å². The second-order valence-corrected chi connectivity index (χ2v) is 6.84. The van der Waals surface area contributed by atoms with Gasteiger partial charge in [-0.2, -0.15) is 0 Å². The molecule has 0 aliphatic rings. The molecule has 0 aliphatic carbocycles. The summed E-state index contributed by atoms with van der Waals surface area (Å²) < 4.78 is 6.10. The molecule has 5 nitrogen and oxygen atoms in total. The van der Waals surface area contributed by atoms with Gasteiger partial charge in [0.1, 0.15) is 16.4 Å². The third kappa shape index (κ3) is 3.58. The maximum absolute atomic E-state index is 12.7. The minimum atomic E-state index is -0.175. The SMILES string of the molecule is COc1cccc(C(=O)c2sc(Nc3cccc(Br)c3)nc2N)c1. The van der Waals surface area contributed by atoms with Crippen molar-refractivity contribution in [3.05, 3.63) is 63.4 Å². The fraction of sp³-hybridized carbons (Fsp3) is 0.0588. The first kappa shape index (κ1) is 16.5. The highest BCUT2D eigenvalue weighted by Crippen LogP contribution is 2.30. The van der Waals surface area contributed by atoms with Crippen molar-refractivity contribution in [2.24, 2.45) is 0 Å². The number of nitrogen functional groups attached to an aromatic ring is 1. The van der Waals surface area contributed by atoms with Crippen LogP contribution in [0.3, 0.4) is 0 Å². The summed E-state index contributed by atoms with van der Waals surface area (Å²) in [7, 11) is 1.56. The Kier molecular flexibility index (Phi) is 4.82. The molecule has 3 rings (SSSR count). The lowest BCUT2D eigenvalue weighted by Crippen LogP contribution is -2.02. The van der Waals surface area contributed by atoms with Crippen LogP contribution in [-0.4, -0.2) is 17.9 Å². The molecule has 7 heteroatoms. The average molecular weight is 404 g/mol. The van der Waals surface area contributed by atoms with Crippen molar-refractivity contribution in [3.63, 3.8) is 0 Å². The highest BCUT2D eigenvalue weighted by atomic mass is 79.9. The first-order valence-corrected chi connectivity index (χ1v) is 8.65. The van der Waals surface area contributed by atoms with Crippen molar-refractivity contribution in [1.29, 1.82) is 0 Å². The van der Waals surface area contributed by atoms with Crippen molar-refractivity contribution in [1.82, 2.24) is 4.98 Å². The van der Waals surface area contributed by atoms with Gasteiger partial charge in [0, 0.05) is 15.7 Å². The van der Waals surface area contributed by atoms with Gasteiger partial charge in [0.15, 0.2) is 5.13 Å². The Morgan fingerprint density at radius 3 is 2.79 bits per heavy atom. The number of ketones is 1. The van der Waals surface area contributed by atoms with E-state index in [1.54, 1.807) is 31.4 Å². The summed E-state index contributed by atoms with van der Waals surface area (Å²) in [5.41, 5.74) is 7.30. The van der Waals surface area contributed by atoms with Crippen molar-refractivity contribution in [2.45, 2.75) is 0 Å². The van der Waals surface area contributed by atoms with Crippen molar-refractivity contribution >= 4 is 49.7 Å². The van der Waals surface area contributed by atoms with Crippen molar-refractivity contribution < 1.29 is 9.53 Å². The minimum Gasteiger partial charge on any atom is -0.497 e. The number of anilines is 3. The third-order valence-electron chi connectivity index (χ3n) is 3.27. The van der Waals surface area contributed by atoms with Gasteiger partial charge in [-0.3, -0.25) is 4.79 Å². The van der Waals surface area contributed by atoms with E-state index in [9.17, 15) is 4.79 Å². The number of nitrogens with two attached hydrogens (primary N) is 1. The number of methoxy groups -OCH3 is 1. The summed E-state index contributed by atoms with van der Waals surface area (Å²) in [6, 6.07) is 14.6. The molecule has 0 fully saturated rings. The van der Waals surface area contributed by atoms with Gasteiger partial charge in [0.25, 0.3) is 0 Å². The second kappa shape index (κ2) is 7.02. The molecular formula is C17H14BrN3O2S. The minimum absolute atomic E-state index is 0.175. The first-order chi connectivity index (χ1) is 11.6. The van der Waals surface area contributed by atoms with E-state index in [1.165, 1.54) is 11.3 Å². The van der Waals surface area contributed by atoms with Crippen LogP contribution >= 0.6 is 27.3 Å². The Bertz CT molecular complexity index is 895. The van der Waals surface area contributed by atoms with Crippen LogP contribution in [0.4, 0.5) is 16.6 Å². The van der Waals surface area contributed by atoms with E-state index in [4.69, 9.17) is 10.5 Å². The number of aromatic nitrogens is 1. The zero-order chi connectivity index (χ0) is 17.1. The van der Waals surface area contributed by atoms with Crippen LogP contribution in [0.25, 0.3) is 0 Å². The molecule has 0 amide bonds. The molecule has 0 spiro atoms. The number of thiazole rings is 1. The molecule has 0 saturated heterocycles. The number of rotatable bonds is 5. The Hall–Kier alpha value is -2.38. The lowest BCUT2D eigenvalue weighted by Gasteiger charge is -2.03. The molecule has 24 heavy (non-hydrogen) atoms. The average Bonchev–Trinajstić information content (AvgIpc) is 2.94. The number of halogens is 1. The van der Waals surface area contributed by atoms with E-state index in [0.29, 0.717) is 21.3 Å². The van der Waals surface area contributed by atoms with E-state index in [-0.39, 0.29) is 11.6 Å². The molecule has 1 aromatic heterocycles. The molecule has 0 saturated carbocycles. The van der Waals surface area contributed by atoms with Gasteiger partial charge in [-0.1, -0.05) is 45.5 Å². The summed E-state index contributed by atoms with van der Waals surface area (Å²) in [6.45, 7) is 0. The highest BCUT2D eigenvalue weighted by Gasteiger charge is 2.18. The van der Waals surface area contributed by atoms with E-state index in [0.717, 1.165) is 10.2 Å². The molecule has 0 unspecified atom stereocenters. The zero-order valence-corrected chi connectivity index (χ0v) is 15.1. The fourth-order valence-electron chi connectivity index (χ4n) is 2.13. The first-order valence-electron chi connectivity index (χ1n) is 7.04. The summed E-state index contributed by atoms with van der Waals surface area (Å²) >= 11 is 4.64. The number of nitrogens with zero attached hydrogens (tertiary/aromatic N) is 1. The highest BCUT2D eigenvalue weighted by molar-refractivity contribution is 9.10. The van der Waals surface area contributed by atoms with E-state index in [1.807, 2.05) is 24.3 Å². The molecule has 1 heterocycles. The topological polar surface area (TPSA) is 77.2 Å². The predicted molar refractivity (Wildman–Crippen MR) is 100 cm³/mol. The number of carbonyl (C=O) groups excluding carboxylic acids is 1. The summed E-state index contributed by atoms with van der Waals surface area (Å²) in [6.07, 6.45) is 0. The van der Waals surface area contributed by atoms with Crippen LogP contribution < -0.4 is 15.8 Å². The zero-order valence-electron chi connectivity index (χ0n) is 12.7. The fourth-order valence-corrected chi connectivity index (χ4v) is 3.40. The van der Waals surface area contributed by atoms with Crippen molar-refractivity contribution in [2.75, 3.05) is 18.2 Å². The predicted octanol–water partition coefficient (Wildman–Crippen LogP) is 4.47. The molecule has 2 aromatic carbocycles. The van der Waals surface area contributed by atoms with E-state index < -0.39 is 0 Å². The van der Waals surface area contributed by atoms with Gasteiger partial charge >= 0.3 is 0 Å². The largest absolute Gasteiger partial charge is 0.497 e. The van der Waals surface area contributed by atoms with Crippen LogP contribution in [0.1, 0.15) is 15.2 Å². The van der Waals surface area contributed by atoms with Crippen LogP contribution in [-0.2, 0) is 0 Å². The molecule has 3 N–H and O–H groups in total. The van der Waals surface area contributed by atoms with Gasteiger partial charge in [-0.15, -0.1) is 0 Å². The smallest absolute Gasteiger partial charge is 0.206 e. The summed E-state index contributed by atoms with van der Waals surface area (Å²) in [4.78, 5) is 17.3. The molecule has 3 aromatic rings. The maximum atomic E-state index is 12.7. The number of ether oxygens (including phenoxy) is 1. The van der Waals surface area contributed by atoms with Crippen LogP contribution in [0.15, 0.2) is 53.0 Å². The van der Waals surface area contributed by atoms with Crippen molar-refractivity contribution in [3.8, 4) is 5.75 Å². The number of benzene rings is 2. The number of hydrogen-bond donors (Lipinski definition) is 2. The lowest BCUT2D eigenvalue weighted by molar-refractivity contribution is 0.104. The van der Waals surface area contributed by atoms with Gasteiger partial charge < -0.3 is 15.8 Å². The molecule has 122 valence electrons. The molecule has 0 aliphatic heterocycles. The monoisotopic (exact) mass is 403 g/mol. The standard InChI is InChI=1S/C17H14BrN3O2S/c1-23-13-7-2-4-10(8-13)14(22)15-16(19)21-17(24-15)20-12-6-3-5-11(18)9-12/h2-9H,19H2,1H3,(H,20,21). The van der Waals surface area contributed by atoms with Gasteiger partial charge in [-0.05, 0) is 30.3 Å². The number of carbonyl (C=O) groups is 1. The quantitative estimate of drug-likeness (QED) is 0.614. The summed E-state index contributed by atoms with van der Waals surface area (Å²) in [5, 5.41) is 3.72. The Morgan fingerprint density at radius 1 is 1.25 bits per heavy atom. The Labute approximate surface area is 151 Å². The third-order valence-corrected chi connectivity index (χ3v) is 4.75. The lowest BCUT2D eigenvalue weighted by atomic mass is 10.1. The molecular weight excluding hydrogens is 390 g/mol. The molecule has 0 bridgehead atoms. The van der Waals surface area contributed by atoms with Crippen LogP contribution in [0.5, 0.6) is 5.75 Å². The Morgan fingerprint density at radius 2 is 2.04 bits per heavy atom. The maximum Gasteiger partial charge on any atom is 0.206 e. The Balaban J connectivity index is 1.86. The molecule has 0 radical (unpaired) electrons. The molecule has 0 atom stereocenters. The number of nitrogens with one attached hydrogen (secondary N) is 1.